The second-order valence-corrected chi connectivity index (χ2v) is 7.00. The van der Waals surface area contributed by atoms with E-state index in [1.165, 1.54) is 11.3 Å². The Labute approximate surface area is 159 Å². The quantitative estimate of drug-likeness (QED) is 0.689. The van der Waals surface area contributed by atoms with Gasteiger partial charge in [-0.1, -0.05) is 17.4 Å². The molecule has 1 amide bonds. The van der Waals surface area contributed by atoms with Crippen molar-refractivity contribution in [1.29, 1.82) is 0 Å². The van der Waals surface area contributed by atoms with Gasteiger partial charge in [0.25, 0.3) is 5.91 Å². The summed E-state index contributed by atoms with van der Waals surface area (Å²) in [5.41, 5.74) is 1.76. The SMILES string of the molecule is COc1cc2sc(=NC(=O)Cc3ccc4c(c3)OCO4)n(C)c2cc1OC. The molecule has 0 atom stereocenters. The third-order valence-corrected chi connectivity index (χ3v) is 5.42. The zero-order valence-corrected chi connectivity index (χ0v) is 16.0. The number of amides is 1. The van der Waals surface area contributed by atoms with Crippen molar-refractivity contribution in [2.75, 3.05) is 21.0 Å². The average Bonchev–Trinajstić information content (AvgIpc) is 3.25. The number of rotatable bonds is 4. The summed E-state index contributed by atoms with van der Waals surface area (Å²) in [6.07, 6.45) is 0.192. The molecule has 27 heavy (non-hydrogen) atoms. The van der Waals surface area contributed by atoms with E-state index in [0.717, 1.165) is 15.8 Å². The smallest absolute Gasteiger partial charge is 0.252 e. The molecule has 0 fully saturated rings. The number of hydrogen-bond donors (Lipinski definition) is 0. The first-order valence-corrected chi connectivity index (χ1v) is 9.08. The van der Waals surface area contributed by atoms with Crippen LogP contribution in [0.15, 0.2) is 35.3 Å². The lowest BCUT2D eigenvalue weighted by molar-refractivity contribution is -0.117. The lowest BCUT2D eigenvalue weighted by Crippen LogP contribution is -2.14. The van der Waals surface area contributed by atoms with Gasteiger partial charge >= 0.3 is 0 Å². The van der Waals surface area contributed by atoms with Crippen molar-refractivity contribution < 1.29 is 23.7 Å². The van der Waals surface area contributed by atoms with E-state index >= 15 is 0 Å². The van der Waals surface area contributed by atoms with Crippen molar-refractivity contribution in [3.63, 3.8) is 0 Å². The maximum absolute atomic E-state index is 12.5. The van der Waals surface area contributed by atoms with Gasteiger partial charge in [-0.15, -0.1) is 0 Å². The van der Waals surface area contributed by atoms with Crippen LogP contribution in [0.4, 0.5) is 0 Å². The molecule has 7 nitrogen and oxygen atoms in total. The summed E-state index contributed by atoms with van der Waals surface area (Å²) in [6, 6.07) is 9.24. The first-order chi connectivity index (χ1) is 13.1. The van der Waals surface area contributed by atoms with E-state index in [4.69, 9.17) is 18.9 Å². The second-order valence-electron chi connectivity index (χ2n) is 5.99. The largest absolute Gasteiger partial charge is 0.493 e. The Balaban J connectivity index is 1.65. The molecule has 0 N–H and O–H groups in total. The predicted octanol–water partition coefficient (Wildman–Crippen LogP) is 2.66. The summed E-state index contributed by atoms with van der Waals surface area (Å²) in [4.78, 5) is 17.4. The van der Waals surface area contributed by atoms with Crippen molar-refractivity contribution >= 4 is 27.5 Å². The highest BCUT2D eigenvalue weighted by Gasteiger charge is 2.15. The van der Waals surface area contributed by atoms with Crippen LogP contribution in [0.2, 0.25) is 0 Å². The standard InChI is InChI=1S/C19H18N2O5S/c1-21-12-8-14(23-2)15(24-3)9-17(12)27-19(21)20-18(22)7-11-4-5-13-16(6-11)26-10-25-13/h4-6,8-9H,7,10H2,1-3H3. The van der Waals surface area contributed by atoms with Crippen molar-refractivity contribution in [2.45, 2.75) is 6.42 Å². The number of aromatic nitrogens is 1. The van der Waals surface area contributed by atoms with Crippen LogP contribution in [0.25, 0.3) is 10.2 Å². The van der Waals surface area contributed by atoms with Crippen molar-refractivity contribution in [3.8, 4) is 23.0 Å². The van der Waals surface area contributed by atoms with E-state index < -0.39 is 0 Å². The number of methoxy groups -OCH3 is 2. The fourth-order valence-electron chi connectivity index (χ4n) is 2.93. The molecule has 0 bridgehead atoms. The van der Waals surface area contributed by atoms with Crippen LogP contribution in [-0.4, -0.2) is 31.5 Å². The third-order valence-electron chi connectivity index (χ3n) is 4.33. The van der Waals surface area contributed by atoms with Crippen LogP contribution in [0, 0.1) is 0 Å². The van der Waals surface area contributed by atoms with Crippen LogP contribution in [0.3, 0.4) is 0 Å². The summed E-state index contributed by atoms with van der Waals surface area (Å²) in [7, 11) is 5.06. The molecule has 0 aliphatic carbocycles. The number of hydrogen-bond acceptors (Lipinski definition) is 6. The second kappa shape index (κ2) is 6.96. The molecule has 3 aromatic rings. The van der Waals surface area contributed by atoms with Crippen molar-refractivity contribution in [1.82, 2.24) is 4.57 Å². The molecule has 0 spiro atoms. The Hall–Kier alpha value is -3.00. The van der Waals surface area contributed by atoms with Gasteiger partial charge in [0.1, 0.15) is 0 Å². The zero-order valence-electron chi connectivity index (χ0n) is 15.1. The van der Waals surface area contributed by atoms with Gasteiger partial charge in [-0.25, -0.2) is 0 Å². The number of aryl methyl sites for hydroxylation is 1. The maximum Gasteiger partial charge on any atom is 0.252 e. The predicted molar refractivity (Wildman–Crippen MR) is 101 cm³/mol. The molecule has 1 aliphatic heterocycles. The third kappa shape index (κ3) is 3.23. The van der Waals surface area contributed by atoms with E-state index in [9.17, 15) is 4.79 Å². The molecule has 2 aromatic carbocycles. The van der Waals surface area contributed by atoms with Crippen LogP contribution in [0.1, 0.15) is 5.56 Å². The summed E-state index contributed by atoms with van der Waals surface area (Å²) in [5.74, 6) is 2.41. The molecule has 0 unspecified atom stereocenters. The van der Waals surface area contributed by atoms with Crippen molar-refractivity contribution in [3.05, 3.63) is 40.7 Å². The molecule has 140 valence electrons. The van der Waals surface area contributed by atoms with Gasteiger partial charge in [0.2, 0.25) is 6.79 Å². The summed E-state index contributed by atoms with van der Waals surface area (Å²) in [5, 5.41) is 0. The molecule has 8 heteroatoms. The number of thiazole rings is 1. The molecule has 0 saturated heterocycles. The van der Waals surface area contributed by atoms with Gasteiger partial charge in [-0.2, -0.15) is 4.99 Å². The van der Waals surface area contributed by atoms with E-state index in [-0.39, 0.29) is 19.1 Å². The molecular formula is C19H18N2O5S. The van der Waals surface area contributed by atoms with E-state index in [1.807, 2.05) is 41.9 Å². The minimum Gasteiger partial charge on any atom is -0.493 e. The highest BCUT2D eigenvalue weighted by Crippen LogP contribution is 2.34. The van der Waals surface area contributed by atoms with E-state index in [0.29, 0.717) is 27.8 Å². The first-order valence-electron chi connectivity index (χ1n) is 8.26. The number of benzene rings is 2. The van der Waals surface area contributed by atoms with E-state index in [1.54, 1.807) is 14.2 Å². The zero-order chi connectivity index (χ0) is 19.0. The molecule has 4 rings (SSSR count). The molecule has 0 radical (unpaired) electrons. The minimum atomic E-state index is -0.227. The van der Waals surface area contributed by atoms with Crippen LogP contribution in [-0.2, 0) is 18.3 Å². The Bertz CT molecular complexity index is 1100. The van der Waals surface area contributed by atoms with Crippen LogP contribution >= 0.6 is 11.3 Å². The molecule has 1 aliphatic rings. The Morgan fingerprint density at radius 2 is 1.89 bits per heavy atom. The van der Waals surface area contributed by atoms with Crippen LogP contribution < -0.4 is 23.7 Å². The monoisotopic (exact) mass is 386 g/mol. The highest BCUT2D eigenvalue weighted by atomic mass is 32.1. The van der Waals surface area contributed by atoms with E-state index in [2.05, 4.69) is 4.99 Å². The van der Waals surface area contributed by atoms with Gasteiger partial charge in [0.15, 0.2) is 27.8 Å². The molecular weight excluding hydrogens is 368 g/mol. The number of carbonyl (C=O) groups excluding carboxylic acids is 1. The van der Waals surface area contributed by atoms with Crippen LogP contribution in [0.5, 0.6) is 23.0 Å². The number of fused-ring (bicyclic) bond motifs is 2. The fourth-order valence-corrected chi connectivity index (χ4v) is 3.98. The minimum absolute atomic E-state index is 0.192. The Morgan fingerprint density at radius 1 is 1.15 bits per heavy atom. The Kier molecular flexibility index (Phi) is 4.49. The van der Waals surface area contributed by atoms with Gasteiger partial charge in [-0.05, 0) is 17.7 Å². The molecule has 0 saturated carbocycles. The normalized spacial score (nSPS) is 13.2. The Morgan fingerprint density at radius 3 is 2.67 bits per heavy atom. The summed E-state index contributed by atoms with van der Waals surface area (Å²) >= 11 is 1.43. The van der Waals surface area contributed by atoms with Gasteiger partial charge in [0.05, 0.1) is 30.9 Å². The maximum atomic E-state index is 12.5. The summed E-state index contributed by atoms with van der Waals surface area (Å²) < 4.78 is 24.2. The number of ether oxygens (including phenoxy) is 4. The van der Waals surface area contributed by atoms with Gasteiger partial charge in [-0.3, -0.25) is 4.79 Å². The fraction of sp³-hybridized carbons (Fsp3) is 0.263. The topological polar surface area (TPSA) is 71.3 Å². The van der Waals surface area contributed by atoms with Gasteiger partial charge in [0, 0.05) is 19.2 Å². The van der Waals surface area contributed by atoms with Crippen molar-refractivity contribution in [2.24, 2.45) is 12.0 Å². The van der Waals surface area contributed by atoms with Gasteiger partial charge < -0.3 is 23.5 Å². The lowest BCUT2D eigenvalue weighted by Gasteiger charge is -2.07. The molecule has 2 heterocycles. The lowest BCUT2D eigenvalue weighted by atomic mass is 10.1. The highest BCUT2D eigenvalue weighted by molar-refractivity contribution is 7.16. The number of nitrogens with zero attached hydrogens (tertiary/aromatic N) is 2. The first kappa shape index (κ1) is 17.4. The average molecular weight is 386 g/mol. The number of carbonyl (C=O) groups is 1. The summed E-state index contributed by atoms with van der Waals surface area (Å²) in [6.45, 7) is 0.210. The molecule has 1 aromatic heterocycles.